The maximum absolute atomic E-state index is 8.48. The van der Waals surface area contributed by atoms with Crippen molar-refractivity contribution in [2.24, 2.45) is 5.41 Å². The zero-order chi connectivity index (χ0) is 8.20. The van der Waals surface area contributed by atoms with E-state index in [-0.39, 0.29) is 6.04 Å². The van der Waals surface area contributed by atoms with Gasteiger partial charge in [0.25, 0.3) is 0 Å². The van der Waals surface area contributed by atoms with Crippen molar-refractivity contribution in [2.75, 3.05) is 0 Å². The zero-order valence-electron chi connectivity index (χ0n) is 7.44. The average Bonchev–Trinajstić information content (AvgIpc) is 1.81. The van der Waals surface area contributed by atoms with Gasteiger partial charge in [0.05, 0.1) is 0 Å². The fraction of sp³-hybridized carbons (Fsp3) is 1.00. The van der Waals surface area contributed by atoms with E-state index >= 15 is 0 Å². The van der Waals surface area contributed by atoms with Crippen molar-refractivity contribution in [1.29, 1.82) is 0 Å². The van der Waals surface area contributed by atoms with Crippen molar-refractivity contribution in [3.63, 3.8) is 0 Å². The van der Waals surface area contributed by atoms with Crippen LogP contribution in [0.25, 0.3) is 0 Å². The van der Waals surface area contributed by atoms with Gasteiger partial charge in [0.1, 0.15) is 0 Å². The summed E-state index contributed by atoms with van der Waals surface area (Å²) in [5, 5.41) is 8.48. The summed E-state index contributed by atoms with van der Waals surface area (Å²) in [5.74, 6) is 0. The van der Waals surface area contributed by atoms with Crippen molar-refractivity contribution in [2.45, 2.75) is 46.6 Å². The van der Waals surface area contributed by atoms with Crippen molar-refractivity contribution in [3.05, 3.63) is 0 Å². The Morgan fingerprint density at radius 2 is 1.90 bits per heavy atom. The summed E-state index contributed by atoms with van der Waals surface area (Å²) in [7, 11) is 0. The molecule has 1 atom stereocenters. The van der Waals surface area contributed by atoms with E-state index in [4.69, 9.17) is 5.21 Å². The predicted octanol–water partition coefficient (Wildman–Crippen LogP) is 2.18. The highest BCUT2D eigenvalue weighted by molar-refractivity contribution is 4.64. The zero-order valence-corrected chi connectivity index (χ0v) is 7.44. The van der Waals surface area contributed by atoms with E-state index in [0.29, 0.717) is 5.41 Å². The number of rotatable bonds is 3. The summed E-state index contributed by atoms with van der Waals surface area (Å²) < 4.78 is 0. The van der Waals surface area contributed by atoms with Gasteiger partial charge in [0, 0.05) is 6.04 Å². The summed E-state index contributed by atoms with van der Waals surface area (Å²) in [6.07, 6.45) is 2.17. The molecular weight excluding hydrogens is 126 g/mol. The third-order valence-electron chi connectivity index (χ3n) is 1.55. The normalized spacial score (nSPS) is 15.3. The van der Waals surface area contributed by atoms with Gasteiger partial charge in [-0.05, 0) is 25.2 Å². The van der Waals surface area contributed by atoms with Gasteiger partial charge >= 0.3 is 0 Å². The highest BCUT2D eigenvalue weighted by Crippen LogP contribution is 2.21. The van der Waals surface area contributed by atoms with Crippen molar-refractivity contribution in [3.8, 4) is 0 Å². The summed E-state index contributed by atoms with van der Waals surface area (Å²) >= 11 is 0. The molecule has 0 aliphatic carbocycles. The summed E-state index contributed by atoms with van der Waals surface area (Å²) in [4.78, 5) is 0. The molecule has 0 rings (SSSR count). The molecule has 0 spiro atoms. The minimum Gasteiger partial charge on any atom is -0.317 e. The maximum atomic E-state index is 8.48. The molecule has 2 heteroatoms. The second kappa shape index (κ2) is 3.94. The van der Waals surface area contributed by atoms with Gasteiger partial charge in [0.15, 0.2) is 0 Å². The Morgan fingerprint density at radius 3 is 2.20 bits per heavy atom. The summed E-state index contributed by atoms with van der Waals surface area (Å²) in [5.41, 5.74) is 2.62. The minimum absolute atomic E-state index is 0.222. The molecule has 2 nitrogen and oxygen atoms in total. The quantitative estimate of drug-likeness (QED) is 0.596. The summed E-state index contributed by atoms with van der Waals surface area (Å²) in [6, 6.07) is 0.222. The molecule has 0 saturated carbocycles. The van der Waals surface area contributed by atoms with Crippen LogP contribution in [0.2, 0.25) is 0 Å². The Kier molecular flexibility index (Phi) is 3.91. The Balaban J connectivity index is 3.36. The van der Waals surface area contributed by atoms with Crippen LogP contribution in [0.15, 0.2) is 0 Å². The van der Waals surface area contributed by atoms with Crippen LogP contribution in [0, 0.1) is 5.41 Å². The lowest BCUT2D eigenvalue weighted by Gasteiger charge is -2.19. The molecule has 0 bridgehead atoms. The standard InChI is InChI=1S/C8H19NO/c1-7(9-10)5-6-8(2,3)4/h7,9-10H,5-6H2,1-4H3. The molecule has 0 radical (unpaired) electrons. The van der Waals surface area contributed by atoms with Crippen molar-refractivity contribution < 1.29 is 5.21 Å². The van der Waals surface area contributed by atoms with E-state index in [0.717, 1.165) is 12.8 Å². The molecule has 0 saturated heterocycles. The predicted molar refractivity (Wildman–Crippen MR) is 43.1 cm³/mol. The fourth-order valence-electron chi connectivity index (χ4n) is 0.714. The molecule has 0 fully saturated rings. The first-order chi connectivity index (χ1) is 4.45. The molecule has 10 heavy (non-hydrogen) atoms. The molecular formula is C8H19NO. The van der Waals surface area contributed by atoms with Gasteiger partial charge < -0.3 is 5.21 Å². The second-order valence-corrected chi connectivity index (χ2v) is 4.13. The monoisotopic (exact) mass is 145 g/mol. The molecule has 0 aliphatic rings. The average molecular weight is 145 g/mol. The summed E-state index contributed by atoms with van der Waals surface area (Å²) in [6.45, 7) is 8.59. The highest BCUT2D eigenvalue weighted by atomic mass is 16.5. The topological polar surface area (TPSA) is 32.3 Å². The molecule has 0 amide bonds. The van der Waals surface area contributed by atoms with Crippen molar-refractivity contribution in [1.82, 2.24) is 5.48 Å². The SMILES string of the molecule is CC(CCC(C)(C)C)NO. The Bertz CT molecular complexity index is 85.7. The Morgan fingerprint density at radius 1 is 1.40 bits per heavy atom. The third-order valence-corrected chi connectivity index (χ3v) is 1.55. The first-order valence-electron chi connectivity index (χ1n) is 3.85. The van der Waals surface area contributed by atoms with Crippen LogP contribution in [-0.2, 0) is 0 Å². The largest absolute Gasteiger partial charge is 0.317 e. The molecule has 0 aromatic carbocycles. The molecule has 2 N–H and O–H groups in total. The van der Waals surface area contributed by atoms with Crippen molar-refractivity contribution >= 4 is 0 Å². The van der Waals surface area contributed by atoms with Crippen LogP contribution in [0.3, 0.4) is 0 Å². The fourth-order valence-corrected chi connectivity index (χ4v) is 0.714. The molecule has 0 aromatic rings. The van der Waals surface area contributed by atoms with Gasteiger partial charge in [-0.2, -0.15) is 0 Å². The Hall–Kier alpha value is -0.0800. The number of hydroxylamine groups is 1. The third kappa shape index (κ3) is 6.05. The maximum Gasteiger partial charge on any atom is 0.0291 e. The van der Waals surface area contributed by atoms with Gasteiger partial charge in [-0.25, -0.2) is 5.48 Å². The van der Waals surface area contributed by atoms with E-state index in [1.807, 2.05) is 6.92 Å². The van der Waals surface area contributed by atoms with Crippen LogP contribution in [0.5, 0.6) is 0 Å². The van der Waals surface area contributed by atoms with Crippen LogP contribution in [0.4, 0.5) is 0 Å². The van der Waals surface area contributed by atoms with Gasteiger partial charge in [-0.3, -0.25) is 0 Å². The first kappa shape index (κ1) is 9.92. The van der Waals surface area contributed by atoms with Crippen LogP contribution in [0.1, 0.15) is 40.5 Å². The molecule has 0 aliphatic heterocycles. The lowest BCUT2D eigenvalue weighted by Crippen LogP contribution is -2.23. The first-order valence-corrected chi connectivity index (χ1v) is 3.85. The Labute approximate surface area is 63.6 Å². The van der Waals surface area contributed by atoms with Crippen LogP contribution >= 0.6 is 0 Å². The van der Waals surface area contributed by atoms with Gasteiger partial charge in [-0.1, -0.05) is 20.8 Å². The molecule has 0 aromatic heterocycles. The van der Waals surface area contributed by atoms with E-state index in [9.17, 15) is 0 Å². The molecule has 1 unspecified atom stereocenters. The second-order valence-electron chi connectivity index (χ2n) is 4.13. The highest BCUT2D eigenvalue weighted by Gasteiger charge is 2.11. The smallest absolute Gasteiger partial charge is 0.0291 e. The lowest BCUT2D eigenvalue weighted by atomic mass is 9.89. The lowest BCUT2D eigenvalue weighted by molar-refractivity contribution is 0.122. The van der Waals surface area contributed by atoms with Gasteiger partial charge in [-0.15, -0.1) is 0 Å². The van der Waals surface area contributed by atoms with Crippen LogP contribution < -0.4 is 5.48 Å². The van der Waals surface area contributed by atoms with E-state index in [2.05, 4.69) is 26.3 Å². The number of nitrogens with one attached hydrogen (secondary N) is 1. The van der Waals surface area contributed by atoms with E-state index in [1.165, 1.54) is 0 Å². The molecule has 0 heterocycles. The van der Waals surface area contributed by atoms with E-state index in [1.54, 1.807) is 0 Å². The molecule has 62 valence electrons. The van der Waals surface area contributed by atoms with E-state index < -0.39 is 0 Å². The van der Waals surface area contributed by atoms with Crippen LogP contribution in [-0.4, -0.2) is 11.2 Å². The minimum atomic E-state index is 0.222. The number of hydrogen-bond acceptors (Lipinski definition) is 2. The van der Waals surface area contributed by atoms with Gasteiger partial charge in [0.2, 0.25) is 0 Å². The number of hydrogen-bond donors (Lipinski definition) is 2.